The number of hydrogen-bond acceptors (Lipinski definition) is 6. The summed E-state index contributed by atoms with van der Waals surface area (Å²) < 4.78 is 4.80. The van der Waals surface area contributed by atoms with Crippen molar-refractivity contribution in [2.75, 3.05) is 18.6 Å². The second kappa shape index (κ2) is 7.64. The van der Waals surface area contributed by atoms with Crippen molar-refractivity contribution in [1.82, 2.24) is 19.9 Å². The molecule has 0 atom stereocenters. The molecule has 1 fully saturated rings. The van der Waals surface area contributed by atoms with Gasteiger partial charge in [0.1, 0.15) is 11.3 Å². The van der Waals surface area contributed by atoms with Crippen molar-refractivity contribution in [3.8, 4) is 22.4 Å². The van der Waals surface area contributed by atoms with E-state index in [0.29, 0.717) is 17.8 Å². The molecule has 1 aliphatic rings. The Bertz CT molecular complexity index is 1300. The van der Waals surface area contributed by atoms with Crippen LogP contribution in [-0.4, -0.2) is 45.5 Å². The average Bonchev–Trinajstić information content (AvgIpc) is 3.45. The van der Waals surface area contributed by atoms with Crippen LogP contribution in [-0.2, 0) is 9.53 Å². The van der Waals surface area contributed by atoms with Crippen LogP contribution in [0.3, 0.4) is 0 Å². The first-order valence-corrected chi connectivity index (χ1v) is 9.92. The minimum Gasteiger partial charge on any atom is -0.464 e. The molecule has 5 heterocycles. The van der Waals surface area contributed by atoms with Crippen LogP contribution in [0.15, 0.2) is 55.1 Å². The number of amides is 1. The van der Waals surface area contributed by atoms with Crippen molar-refractivity contribution >= 4 is 28.6 Å². The Morgan fingerprint density at radius 3 is 2.71 bits per heavy atom. The van der Waals surface area contributed by atoms with Crippen molar-refractivity contribution in [3.05, 3.63) is 60.8 Å². The maximum Gasteiger partial charge on any atom is 0.354 e. The molecule has 0 aromatic carbocycles. The van der Waals surface area contributed by atoms with Crippen molar-refractivity contribution in [3.63, 3.8) is 0 Å². The van der Waals surface area contributed by atoms with E-state index in [2.05, 4.69) is 19.9 Å². The second-order valence-corrected chi connectivity index (χ2v) is 7.31. The van der Waals surface area contributed by atoms with Gasteiger partial charge in [0.05, 0.1) is 24.7 Å². The number of fused-ring (bicyclic) bond motifs is 1. The van der Waals surface area contributed by atoms with Gasteiger partial charge in [0.2, 0.25) is 5.91 Å². The lowest BCUT2D eigenvalue weighted by Crippen LogP contribution is -2.23. The van der Waals surface area contributed by atoms with Crippen molar-refractivity contribution < 1.29 is 14.3 Å². The highest BCUT2D eigenvalue weighted by molar-refractivity contribution is 6.00. The molecule has 1 N–H and O–H groups in total. The number of nitrogens with zero attached hydrogens (tertiary/aromatic N) is 4. The van der Waals surface area contributed by atoms with Gasteiger partial charge in [-0.15, -0.1) is 0 Å². The zero-order valence-corrected chi connectivity index (χ0v) is 16.8. The molecule has 0 aliphatic carbocycles. The van der Waals surface area contributed by atoms with Crippen LogP contribution in [0, 0.1) is 0 Å². The van der Waals surface area contributed by atoms with Gasteiger partial charge in [-0.25, -0.2) is 9.78 Å². The summed E-state index contributed by atoms with van der Waals surface area (Å²) >= 11 is 0. The van der Waals surface area contributed by atoms with E-state index in [9.17, 15) is 9.59 Å². The Labute approximate surface area is 177 Å². The van der Waals surface area contributed by atoms with Crippen LogP contribution >= 0.6 is 0 Å². The Kier molecular flexibility index (Phi) is 4.66. The molecule has 0 unspecified atom stereocenters. The SMILES string of the molecule is COC(=O)c1cc2c(-c3cncc(-c4ccc(N5CCCC5=O)cn4)c3)ccnc2[nH]1. The summed E-state index contributed by atoms with van der Waals surface area (Å²) in [6, 6.07) is 9.42. The number of carbonyl (C=O) groups is 2. The molecule has 0 spiro atoms. The first-order chi connectivity index (χ1) is 15.1. The summed E-state index contributed by atoms with van der Waals surface area (Å²) in [7, 11) is 1.34. The zero-order chi connectivity index (χ0) is 21.4. The largest absolute Gasteiger partial charge is 0.464 e. The molecule has 154 valence electrons. The van der Waals surface area contributed by atoms with Gasteiger partial charge in [-0.05, 0) is 42.3 Å². The Morgan fingerprint density at radius 2 is 1.97 bits per heavy atom. The Balaban J connectivity index is 1.50. The molecule has 31 heavy (non-hydrogen) atoms. The number of esters is 1. The third-order valence-corrected chi connectivity index (χ3v) is 5.42. The minimum atomic E-state index is -0.448. The number of aromatic amines is 1. The number of pyridine rings is 3. The molecule has 4 aromatic heterocycles. The number of rotatable bonds is 4. The molecule has 5 rings (SSSR count). The predicted octanol–water partition coefficient (Wildman–Crippen LogP) is 3.60. The van der Waals surface area contributed by atoms with Gasteiger partial charge in [-0.3, -0.25) is 14.8 Å². The fourth-order valence-corrected chi connectivity index (χ4v) is 3.86. The third kappa shape index (κ3) is 3.42. The van der Waals surface area contributed by atoms with Crippen LogP contribution in [0.25, 0.3) is 33.4 Å². The molecule has 0 saturated carbocycles. The highest BCUT2D eigenvalue weighted by atomic mass is 16.5. The lowest BCUT2D eigenvalue weighted by Gasteiger charge is -2.15. The molecule has 8 heteroatoms. The fourth-order valence-electron chi connectivity index (χ4n) is 3.86. The summed E-state index contributed by atoms with van der Waals surface area (Å²) in [4.78, 5) is 41.8. The monoisotopic (exact) mass is 413 g/mol. The molecule has 1 aliphatic heterocycles. The Hall–Kier alpha value is -4.07. The number of nitrogens with one attached hydrogen (secondary N) is 1. The lowest BCUT2D eigenvalue weighted by molar-refractivity contribution is -0.117. The highest BCUT2D eigenvalue weighted by Crippen LogP contribution is 2.31. The van der Waals surface area contributed by atoms with Gasteiger partial charge in [-0.1, -0.05) is 0 Å². The number of aromatic nitrogens is 4. The van der Waals surface area contributed by atoms with E-state index >= 15 is 0 Å². The van der Waals surface area contributed by atoms with E-state index in [-0.39, 0.29) is 5.91 Å². The van der Waals surface area contributed by atoms with E-state index in [1.165, 1.54) is 7.11 Å². The summed E-state index contributed by atoms with van der Waals surface area (Å²) in [5.74, 6) is -0.311. The van der Waals surface area contributed by atoms with E-state index < -0.39 is 5.97 Å². The van der Waals surface area contributed by atoms with Gasteiger partial charge in [0, 0.05) is 48.1 Å². The predicted molar refractivity (Wildman–Crippen MR) is 115 cm³/mol. The maximum atomic E-state index is 12.0. The smallest absolute Gasteiger partial charge is 0.354 e. The summed E-state index contributed by atoms with van der Waals surface area (Å²) in [5, 5.41) is 0.803. The average molecular weight is 413 g/mol. The normalized spacial score (nSPS) is 13.7. The number of methoxy groups -OCH3 is 1. The van der Waals surface area contributed by atoms with E-state index in [1.807, 2.05) is 24.3 Å². The zero-order valence-electron chi connectivity index (χ0n) is 16.8. The van der Waals surface area contributed by atoms with Crippen LogP contribution < -0.4 is 4.90 Å². The van der Waals surface area contributed by atoms with Crippen molar-refractivity contribution in [1.29, 1.82) is 0 Å². The van der Waals surface area contributed by atoms with Crippen LogP contribution in [0.5, 0.6) is 0 Å². The fraction of sp³-hybridized carbons (Fsp3) is 0.174. The summed E-state index contributed by atoms with van der Waals surface area (Å²) in [6.45, 7) is 0.735. The highest BCUT2D eigenvalue weighted by Gasteiger charge is 2.22. The number of anilines is 1. The molecular formula is C23H19N5O3. The van der Waals surface area contributed by atoms with Crippen LogP contribution in [0.4, 0.5) is 5.69 Å². The maximum absolute atomic E-state index is 12.0. The number of H-pyrrole nitrogens is 1. The molecule has 0 radical (unpaired) electrons. The second-order valence-electron chi connectivity index (χ2n) is 7.31. The number of hydrogen-bond donors (Lipinski definition) is 1. The van der Waals surface area contributed by atoms with Crippen LogP contribution in [0.2, 0.25) is 0 Å². The standard InChI is InChI=1S/C23H19N5O3/c1-31-23(30)20-10-18-17(6-7-25-22(18)27-20)14-9-15(12-24-11-14)19-5-4-16(13-26-19)28-8-2-3-21(28)29/h4-7,9-13H,2-3,8H2,1H3,(H,25,27). The molecule has 1 amide bonds. The molecule has 1 saturated heterocycles. The van der Waals surface area contributed by atoms with Gasteiger partial charge in [-0.2, -0.15) is 0 Å². The van der Waals surface area contributed by atoms with Crippen molar-refractivity contribution in [2.24, 2.45) is 0 Å². The first kappa shape index (κ1) is 18.9. The van der Waals surface area contributed by atoms with E-state index in [0.717, 1.165) is 46.4 Å². The van der Waals surface area contributed by atoms with Crippen LogP contribution in [0.1, 0.15) is 23.3 Å². The van der Waals surface area contributed by atoms with Gasteiger partial charge < -0.3 is 14.6 Å². The minimum absolute atomic E-state index is 0.137. The number of carbonyl (C=O) groups excluding carboxylic acids is 2. The quantitative estimate of drug-likeness (QED) is 0.513. The third-order valence-electron chi connectivity index (χ3n) is 5.42. The van der Waals surface area contributed by atoms with Gasteiger partial charge >= 0.3 is 5.97 Å². The number of ether oxygens (including phenoxy) is 1. The molecule has 4 aromatic rings. The molecule has 0 bridgehead atoms. The lowest BCUT2D eigenvalue weighted by atomic mass is 10.0. The van der Waals surface area contributed by atoms with E-state index in [4.69, 9.17) is 4.74 Å². The molecule has 8 nitrogen and oxygen atoms in total. The summed E-state index contributed by atoms with van der Waals surface area (Å²) in [5.41, 5.74) is 5.14. The topological polar surface area (TPSA) is 101 Å². The van der Waals surface area contributed by atoms with Crippen molar-refractivity contribution in [2.45, 2.75) is 12.8 Å². The summed E-state index contributed by atoms with van der Waals surface area (Å²) in [6.07, 6.45) is 8.39. The molecular weight excluding hydrogens is 394 g/mol. The van der Waals surface area contributed by atoms with Gasteiger partial charge in [0.15, 0.2) is 0 Å². The van der Waals surface area contributed by atoms with E-state index in [1.54, 1.807) is 35.8 Å². The Morgan fingerprint density at radius 1 is 1.10 bits per heavy atom. The first-order valence-electron chi connectivity index (χ1n) is 9.92. The van der Waals surface area contributed by atoms with Gasteiger partial charge in [0.25, 0.3) is 0 Å².